The van der Waals surface area contributed by atoms with Gasteiger partial charge >= 0.3 is 6.03 Å². The maximum Gasteiger partial charge on any atom is 0.322 e. The third kappa shape index (κ3) is 3.38. The molecule has 2 amide bonds. The number of likely N-dealkylation sites (tertiary alicyclic amines) is 2. The number of nitrogens with zero attached hydrogens (tertiary/aromatic N) is 3. The molecule has 0 unspecified atom stereocenters. The van der Waals surface area contributed by atoms with E-state index in [9.17, 15) is 4.79 Å². The number of amides is 2. The maximum atomic E-state index is 12.7. The number of piperazine rings is 1. The van der Waals surface area contributed by atoms with Crippen LogP contribution in [0, 0.1) is 0 Å². The number of anilines is 1. The van der Waals surface area contributed by atoms with E-state index in [0.29, 0.717) is 6.04 Å². The highest BCUT2D eigenvalue weighted by molar-refractivity contribution is 9.10. The third-order valence-corrected chi connectivity index (χ3v) is 6.21. The third-order valence-electron chi connectivity index (χ3n) is 5.71. The number of para-hydroxylation sites is 1. The van der Waals surface area contributed by atoms with Gasteiger partial charge in [0.15, 0.2) is 0 Å². The van der Waals surface area contributed by atoms with Crippen LogP contribution in [0.25, 0.3) is 10.9 Å². The second-order valence-corrected chi connectivity index (χ2v) is 8.48. The van der Waals surface area contributed by atoms with Gasteiger partial charge in [0.2, 0.25) is 0 Å². The van der Waals surface area contributed by atoms with Gasteiger partial charge in [0.05, 0.1) is 11.2 Å². The molecule has 0 saturated carbocycles. The summed E-state index contributed by atoms with van der Waals surface area (Å²) in [5.41, 5.74) is 2.95. The van der Waals surface area contributed by atoms with Crippen molar-refractivity contribution in [3.63, 3.8) is 0 Å². The molecule has 5 rings (SSSR count). The number of hydrogen-bond donors (Lipinski definition) is 1. The average molecular weight is 437 g/mol. The molecule has 0 aliphatic carbocycles. The Morgan fingerprint density at radius 1 is 1.07 bits per heavy atom. The molecule has 0 spiro atoms. The summed E-state index contributed by atoms with van der Waals surface area (Å²) in [5.74, 6) is 0. The van der Waals surface area contributed by atoms with Crippen LogP contribution in [0.4, 0.5) is 10.5 Å². The molecule has 2 atom stereocenters. The van der Waals surface area contributed by atoms with Crippen LogP contribution in [0.3, 0.4) is 0 Å². The van der Waals surface area contributed by atoms with Gasteiger partial charge in [-0.25, -0.2) is 4.79 Å². The molecule has 2 aliphatic rings. The fourth-order valence-corrected chi connectivity index (χ4v) is 4.76. The lowest BCUT2D eigenvalue weighted by Gasteiger charge is -2.34. The van der Waals surface area contributed by atoms with E-state index < -0.39 is 0 Å². The number of urea groups is 1. The monoisotopic (exact) mass is 436 g/mol. The van der Waals surface area contributed by atoms with Gasteiger partial charge in [-0.2, -0.15) is 0 Å². The number of halogens is 1. The Hall–Kier alpha value is -2.44. The molecule has 2 saturated heterocycles. The minimum atomic E-state index is -0.00548. The molecule has 1 aromatic heterocycles. The standard InChI is InChI=1S/C22H21BrN4O/c23-16-5-3-6-17(10-16)25-22(28)27-14-19-11-20(27)13-26(19)12-18-9-8-15-4-1-2-7-21(15)24-18/h1-10,19-20H,11-14H2,(H,25,28)/t19-,20-/m0/s1. The minimum Gasteiger partial charge on any atom is -0.319 e. The molecule has 3 heterocycles. The summed E-state index contributed by atoms with van der Waals surface area (Å²) >= 11 is 3.45. The van der Waals surface area contributed by atoms with Crippen molar-refractivity contribution in [3.05, 3.63) is 70.8 Å². The summed E-state index contributed by atoms with van der Waals surface area (Å²) < 4.78 is 0.960. The van der Waals surface area contributed by atoms with Gasteiger partial charge in [0.1, 0.15) is 0 Å². The lowest BCUT2D eigenvalue weighted by Crippen LogP contribution is -2.49. The molecule has 1 N–H and O–H groups in total. The molecule has 2 aliphatic heterocycles. The van der Waals surface area contributed by atoms with Gasteiger partial charge in [-0.3, -0.25) is 9.88 Å². The van der Waals surface area contributed by atoms with Gasteiger partial charge in [-0.05, 0) is 36.8 Å². The Morgan fingerprint density at radius 3 is 2.79 bits per heavy atom. The molecule has 142 valence electrons. The fourth-order valence-electron chi connectivity index (χ4n) is 4.36. The molecule has 28 heavy (non-hydrogen) atoms. The zero-order chi connectivity index (χ0) is 19.1. The van der Waals surface area contributed by atoms with E-state index in [1.54, 1.807) is 0 Å². The summed E-state index contributed by atoms with van der Waals surface area (Å²) in [5, 5.41) is 4.19. The summed E-state index contributed by atoms with van der Waals surface area (Å²) in [4.78, 5) is 21.9. The second-order valence-electron chi connectivity index (χ2n) is 7.56. The van der Waals surface area contributed by atoms with Crippen molar-refractivity contribution in [1.29, 1.82) is 0 Å². The average Bonchev–Trinajstić information content (AvgIpc) is 3.28. The SMILES string of the molecule is O=C(Nc1cccc(Br)c1)N1C[C@@H]2C[C@H]1CN2Cc1ccc2ccccc2n1. The maximum absolute atomic E-state index is 12.7. The van der Waals surface area contributed by atoms with E-state index in [-0.39, 0.29) is 12.1 Å². The summed E-state index contributed by atoms with van der Waals surface area (Å²) in [6, 6.07) is 20.9. The van der Waals surface area contributed by atoms with Gasteiger partial charge in [-0.15, -0.1) is 0 Å². The molecule has 2 aromatic carbocycles. The number of carbonyl (C=O) groups excluding carboxylic acids is 1. The lowest BCUT2D eigenvalue weighted by atomic mass is 10.2. The Kier molecular flexibility index (Phi) is 4.53. The van der Waals surface area contributed by atoms with E-state index in [1.807, 2.05) is 41.3 Å². The number of pyridine rings is 1. The highest BCUT2D eigenvalue weighted by Crippen LogP contribution is 2.32. The quantitative estimate of drug-likeness (QED) is 0.657. The van der Waals surface area contributed by atoms with Crippen LogP contribution in [-0.2, 0) is 6.54 Å². The van der Waals surface area contributed by atoms with Crippen LogP contribution in [0.2, 0.25) is 0 Å². The minimum absolute atomic E-state index is 0.00548. The fraction of sp³-hybridized carbons (Fsp3) is 0.273. The first kappa shape index (κ1) is 17.6. The smallest absolute Gasteiger partial charge is 0.319 e. The predicted octanol–water partition coefficient (Wildman–Crippen LogP) is 4.49. The number of fused-ring (bicyclic) bond motifs is 3. The first-order valence-electron chi connectivity index (χ1n) is 9.57. The van der Waals surface area contributed by atoms with Crippen LogP contribution >= 0.6 is 15.9 Å². The molecule has 2 fully saturated rings. The van der Waals surface area contributed by atoms with Crippen molar-refractivity contribution < 1.29 is 4.79 Å². The van der Waals surface area contributed by atoms with Gasteiger partial charge < -0.3 is 10.2 Å². The van der Waals surface area contributed by atoms with E-state index in [0.717, 1.165) is 47.4 Å². The lowest BCUT2D eigenvalue weighted by molar-refractivity contribution is 0.138. The zero-order valence-electron chi connectivity index (χ0n) is 15.4. The molecular weight excluding hydrogens is 416 g/mol. The van der Waals surface area contributed by atoms with Crippen LogP contribution in [0.15, 0.2) is 65.1 Å². The van der Waals surface area contributed by atoms with Crippen LogP contribution < -0.4 is 5.32 Å². The van der Waals surface area contributed by atoms with Crippen LogP contribution in [0.1, 0.15) is 12.1 Å². The molecule has 3 aromatic rings. The van der Waals surface area contributed by atoms with Crippen molar-refractivity contribution >= 4 is 38.6 Å². The van der Waals surface area contributed by atoms with Crippen molar-refractivity contribution in [2.45, 2.75) is 25.0 Å². The first-order valence-corrected chi connectivity index (χ1v) is 10.4. The topological polar surface area (TPSA) is 48.5 Å². The van der Waals surface area contributed by atoms with Crippen molar-refractivity contribution in [1.82, 2.24) is 14.8 Å². The second kappa shape index (κ2) is 7.18. The van der Waals surface area contributed by atoms with Gasteiger partial charge in [0.25, 0.3) is 0 Å². The predicted molar refractivity (Wildman–Crippen MR) is 114 cm³/mol. The van der Waals surface area contributed by atoms with Crippen LogP contribution in [-0.4, -0.2) is 46.0 Å². The number of benzene rings is 2. The molecule has 6 heteroatoms. The van der Waals surface area contributed by atoms with Gasteiger partial charge in [-0.1, -0.05) is 46.3 Å². The summed E-state index contributed by atoms with van der Waals surface area (Å²) in [6.45, 7) is 2.52. The number of aromatic nitrogens is 1. The number of carbonyl (C=O) groups is 1. The van der Waals surface area contributed by atoms with Crippen LogP contribution in [0.5, 0.6) is 0 Å². The Morgan fingerprint density at radius 2 is 1.96 bits per heavy atom. The Labute approximate surface area is 172 Å². The highest BCUT2D eigenvalue weighted by atomic mass is 79.9. The number of nitrogens with one attached hydrogen (secondary N) is 1. The normalized spacial score (nSPS) is 21.4. The highest BCUT2D eigenvalue weighted by Gasteiger charge is 2.45. The summed E-state index contributed by atoms with van der Waals surface area (Å²) in [6.07, 6.45) is 1.04. The van der Waals surface area contributed by atoms with Gasteiger partial charge in [0, 0.05) is 47.3 Å². The number of rotatable bonds is 3. The van der Waals surface area contributed by atoms with E-state index in [4.69, 9.17) is 4.98 Å². The van der Waals surface area contributed by atoms with E-state index >= 15 is 0 Å². The first-order chi connectivity index (χ1) is 13.7. The van der Waals surface area contributed by atoms with E-state index in [2.05, 4.69) is 50.4 Å². The Balaban J connectivity index is 1.23. The van der Waals surface area contributed by atoms with Crippen molar-refractivity contribution in [3.8, 4) is 0 Å². The summed E-state index contributed by atoms with van der Waals surface area (Å²) in [7, 11) is 0. The Bertz CT molecular complexity index is 1040. The van der Waals surface area contributed by atoms with Crippen molar-refractivity contribution in [2.24, 2.45) is 0 Å². The van der Waals surface area contributed by atoms with Crippen molar-refractivity contribution in [2.75, 3.05) is 18.4 Å². The van der Waals surface area contributed by atoms with E-state index in [1.165, 1.54) is 5.39 Å². The zero-order valence-corrected chi connectivity index (χ0v) is 17.0. The largest absolute Gasteiger partial charge is 0.322 e. The molecule has 5 nitrogen and oxygen atoms in total. The molecule has 2 bridgehead atoms. The molecule has 0 radical (unpaired) electrons. The number of hydrogen-bond acceptors (Lipinski definition) is 3. The molecular formula is C22H21BrN4O.